The smallest absolute Gasteiger partial charge is 0.312 e. The minimum absolute atomic E-state index is 0.0340. The van der Waals surface area contributed by atoms with Crippen LogP contribution < -0.4 is 0 Å². The summed E-state index contributed by atoms with van der Waals surface area (Å²) in [6, 6.07) is 15.0. The fourth-order valence-corrected chi connectivity index (χ4v) is 8.70. The number of carbonyl (C=O) groups excluding carboxylic acids is 3. The van der Waals surface area contributed by atoms with Gasteiger partial charge in [-0.2, -0.15) is 0 Å². The maximum absolute atomic E-state index is 14.1. The van der Waals surface area contributed by atoms with Crippen LogP contribution in [0.1, 0.15) is 85.8 Å². The number of likely N-dealkylation sites (N-methyl/N-ethyl adjacent to an activating group) is 1. The van der Waals surface area contributed by atoms with Gasteiger partial charge in [0.15, 0.2) is 6.29 Å². The van der Waals surface area contributed by atoms with E-state index in [0.29, 0.717) is 18.5 Å². The van der Waals surface area contributed by atoms with Crippen LogP contribution in [-0.2, 0) is 51.0 Å². The molecule has 2 aliphatic heterocycles. The molecule has 4 rings (SSSR count). The van der Waals surface area contributed by atoms with Gasteiger partial charge in [0.1, 0.15) is 35.5 Å². The third-order valence-corrected chi connectivity index (χ3v) is 12.2. The molecule has 0 bridgehead atoms. The number of esters is 2. The monoisotopic (exact) mass is 801 g/mol. The number of aliphatic hydroxyl groups is 3. The quantitative estimate of drug-likeness (QED) is 0.276. The van der Waals surface area contributed by atoms with Gasteiger partial charge in [0.05, 0.1) is 36.3 Å². The van der Waals surface area contributed by atoms with Crippen LogP contribution in [0.4, 0.5) is 4.39 Å². The maximum Gasteiger partial charge on any atom is 0.312 e. The van der Waals surface area contributed by atoms with E-state index in [4.69, 9.17) is 23.7 Å². The van der Waals surface area contributed by atoms with Gasteiger partial charge >= 0.3 is 11.9 Å². The van der Waals surface area contributed by atoms with Crippen molar-refractivity contribution < 1.29 is 57.8 Å². The number of carbonyl (C=O) groups is 3. The first-order chi connectivity index (χ1) is 26.7. The highest BCUT2D eigenvalue weighted by molar-refractivity contribution is 5.83. The van der Waals surface area contributed by atoms with E-state index in [9.17, 15) is 34.1 Å². The molecule has 0 aliphatic carbocycles. The third-order valence-electron chi connectivity index (χ3n) is 12.2. The lowest BCUT2D eigenvalue weighted by Gasteiger charge is -2.48. The van der Waals surface area contributed by atoms with Crippen LogP contribution in [-0.4, -0.2) is 112 Å². The molecule has 0 unspecified atom stereocenters. The summed E-state index contributed by atoms with van der Waals surface area (Å²) in [6.07, 6.45) is -7.61. The number of aliphatic hydroxyl groups excluding tert-OH is 2. The Kier molecular flexibility index (Phi) is 16.0. The zero-order chi connectivity index (χ0) is 42.4. The van der Waals surface area contributed by atoms with Crippen LogP contribution in [0.25, 0.3) is 0 Å². The molecule has 2 fully saturated rings. The normalized spacial score (nSPS) is 37.3. The molecule has 3 N–H and O–H groups in total. The number of halogens is 1. The maximum atomic E-state index is 14.1. The highest BCUT2D eigenvalue weighted by Gasteiger charge is 2.53. The molecule has 318 valence electrons. The zero-order valence-corrected chi connectivity index (χ0v) is 35.1. The SMILES string of the molecule is CC[C@H]1OC(=O)[C@H](C)[C@@H](OC(=O)Cc2cccc(F)c2)[C@H](C)[C@@H](O[C@@H]2O[C@H](C)C[C@H](N(C)Cc3ccccc3)[C@H]2O)[C@](C)(OC)C[C@@H](C)C(=O)[C@H](C)[C@@H](O)[C@]1(C)O. The van der Waals surface area contributed by atoms with Crippen LogP contribution >= 0.6 is 0 Å². The molecular weight excluding hydrogens is 737 g/mol. The fourth-order valence-electron chi connectivity index (χ4n) is 8.70. The average Bonchev–Trinajstić information content (AvgIpc) is 3.17. The Morgan fingerprint density at radius 1 is 0.982 bits per heavy atom. The Labute approximate surface area is 337 Å². The Morgan fingerprint density at radius 2 is 1.63 bits per heavy atom. The van der Waals surface area contributed by atoms with Crippen molar-refractivity contribution in [1.29, 1.82) is 0 Å². The molecule has 0 amide bonds. The minimum Gasteiger partial charge on any atom is -0.461 e. The van der Waals surface area contributed by atoms with Crippen molar-refractivity contribution in [1.82, 2.24) is 4.90 Å². The second-order valence-electron chi connectivity index (χ2n) is 16.8. The van der Waals surface area contributed by atoms with Gasteiger partial charge in [0.2, 0.25) is 0 Å². The molecular formula is C44H64FNO11. The molecule has 2 saturated heterocycles. The van der Waals surface area contributed by atoms with Crippen molar-refractivity contribution in [2.75, 3.05) is 14.2 Å². The lowest BCUT2D eigenvalue weighted by atomic mass is 9.74. The summed E-state index contributed by atoms with van der Waals surface area (Å²) in [5.74, 6) is -6.38. The van der Waals surface area contributed by atoms with Crippen molar-refractivity contribution in [3.8, 4) is 0 Å². The molecule has 12 nitrogen and oxygen atoms in total. The number of rotatable bonds is 10. The molecule has 14 atom stereocenters. The number of ketones is 1. The van der Waals surface area contributed by atoms with Crippen LogP contribution in [0.3, 0.4) is 0 Å². The van der Waals surface area contributed by atoms with E-state index in [1.165, 1.54) is 46.1 Å². The van der Waals surface area contributed by atoms with Gasteiger partial charge in [-0.25, -0.2) is 4.39 Å². The molecule has 2 aromatic rings. The highest BCUT2D eigenvalue weighted by atomic mass is 19.1. The van der Waals surface area contributed by atoms with Crippen molar-refractivity contribution in [2.24, 2.45) is 23.7 Å². The average molecular weight is 802 g/mol. The third kappa shape index (κ3) is 11.1. The summed E-state index contributed by atoms with van der Waals surface area (Å²) < 4.78 is 45.5. The predicted octanol–water partition coefficient (Wildman–Crippen LogP) is 5.02. The van der Waals surface area contributed by atoms with Crippen molar-refractivity contribution >= 4 is 17.7 Å². The molecule has 0 spiro atoms. The number of benzene rings is 2. The van der Waals surface area contributed by atoms with E-state index < -0.39 is 95.5 Å². The number of nitrogens with zero attached hydrogens (tertiary/aromatic N) is 1. The van der Waals surface area contributed by atoms with E-state index in [-0.39, 0.29) is 31.1 Å². The number of hydrogen-bond acceptors (Lipinski definition) is 12. The summed E-state index contributed by atoms with van der Waals surface area (Å²) in [7, 11) is 3.38. The number of ether oxygens (including phenoxy) is 5. The molecule has 13 heteroatoms. The second kappa shape index (κ2) is 19.6. The molecule has 0 radical (unpaired) electrons. The fraction of sp³-hybridized carbons (Fsp3) is 0.659. The summed E-state index contributed by atoms with van der Waals surface area (Å²) in [5, 5.41) is 35.0. The van der Waals surface area contributed by atoms with Crippen LogP contribution in [0, 0.1) is 29.5 Å². The number of methoxy groups -OCH3 is 1. The summed E-state index contributed by atoms with van der Waals surface area (Å²) in [5.41, 5.74) is -1.97. The van der Waals surface area contributed by atoms with Crippen LogP contribution in [0.5, 0.6) is 0 Å². The summed E-state index contributed by atoms with van der Waals surface area (Å²) in [4.78, 5) is 43.9. The first-order valence-corrected chi connectivity index (χ1v) is 20.1. The van der Waals surface area contributed by atoms with Gasteiger partial charge in [-0.1, -0.05) is 70.2 Å². The Balaban J connectivity index is 1.80. The van der Waals surface area contributed by atoms with Gasteiger partial charge in [0, 0.05) is 37.5 Å². The van der Waals surface area contributed by atoms with Crippen molar-refractivity contribution in [3.05, 3.63) is 71.5 Å². The standard InChI is InChI=1S/C44H64FNO11/c1-11-34-44(8,52)39(50)27(4)36(48)25(2)23-43(7,53-10)40(57-42-37(49)33(20-26(3)54-42)46(9)24-30-16-13-12-14-17-30)28(5)38(29(6)41(51)55-34)56-35(47)22-31-18-15-19-32(45)21-31/h12-19,21,25-29,33-34,37-40,42,49-50,52H,11,20,22-24H2,1-10H3/t25-,26-,27+,28+,29-,33+,34-,37-,38+,39-,40-,42+,43-,44-/m1/s1. The molecule has 2 heterocycles. The molecule has 0 aromatic heterocycles. The van der Waals surface area contributed by atoms with Crippen LogP contribution in [0.2, 0.25) is 0 Å². The second-order valence-corrected chi connectivity index (χ2v) is 16.8. The largest absolute Gasteiger partial charge is 0.461 e. The van der Waals surface area contributed by atoms with Gasteiger partial charge in [0.25, 0.3) is 0 Å². The highest BCUT2D eigenvalue weighted by Crippen LogP contribution is 2.40. The van der Waals surface area contributed by atoms with Gasteiger partial charge < -0.3 is 39.0 Å². The molecule has 57 heavy (non-hydrogen) atoms. The van der Waals surface area contributed by atoms with E-state index in [2.05, 4.69) is 0 Å². The minimum atomic E-state index is -2.02. The van der Waals surface area contributed by atoms with Crippen LogP contribution in [0.15, 0.2) is 54.6 Å². The predicted molar refractivity (Wildman–Crippen MR) is 210 cm³/mol. The Morgan fingerprint density at radius 3 is 2.25 bits per heavy atom. The van der Waals surface area contributed by atoms with E-state index in [1.54, 1.807) is 33.8 Å². The number of hydrogen-bond donors (Lipinski definition) is 3. The number of Topliss-reactive ketones (excluding diaryl/α,β-unsaturated/α-hetero) is 1. The Bertz CT molecular complexity index is 1640. The lowest BCUT2D eigenvalue weighted by molar-refractivity contribution is -0.302. The van der Waals surface area contributed by atoms with Crippen molar-refractivity contribution in [2.45, 2.75) is 148 Å². The molecule has 2 aromatic carbocycles. The van der Waals surface area contributed by atoms with Gasteiger partial charge in [-0.15, -0.1) is 0 Å². The summed E-state index contributed by atoms with van der Waals surface area (Å²) in [6.45, 7) is 13.7. The molecule has 2 aliphatic rings. The first-order valence-electron chi connectivity index (χ1n) is 20.1. The van der Waals surface area contributed by atoms with Crippen molar-refractivity contribution in [3.63, 3.8) is 0 Å². The summed E-state index contributed by atoms with van der Waals surface area (Å²) >= 11 is 0. The topological polar surface area (TPSA) is 161 Å². The lowest BCUT2D eigenvalue weighted by Crippen LogP contribution is -2.61. The van der Waals surface area contributed by atoms with E-state index in [1.807, 2.05) is 49.2 Å². The zero-order valence-electron chi connectivity index (χ0n) is 35.1. The first kappa shape index (κ1) is 46.4. The van der Waals surface area contributed by atoms with E-state index in [0.717, 1.165) is 5.56 Å². The van der Waals surface area contributed by atoms with Gasteiger partial charge in [-0.3, -0.25) is 19.3 Å². The van der Waals surface area contributed by atoms with E-state index >= 15 is 0 Å². The van der Waals surface area contributed by atoms with Gasteiger partial charge in [-0.05, 0) is 77.3 Å². The number of cyclic esters (lactones) is 1. The molecule has 0 saturated carbocycles. The Hall–Kier alpha value is -3.30.